The van der Waals surface area contributed by atoms with E-state index in [9.17, 15) is 28.9 Å². The van der Waals surface area contributed by atoms with Crippen molar-refractivity contribution in [2.45, 2.75) is 13.5 Å². The Kier molecular flexibility index (Phi) is 8.74. The van der Waals surface area contributed by atoms with Gasteiger partial charge in [0, 0.05) is 16.6 Å². The average molecular weight is 613 g/mol. The summed E-state index contributed by atoms with van der Waals surface area (Å²) >= 11 is 3.42. The van der Waals surface area contributed by atoms with Crippen molar-refractivity contribution in [1.29, 1.82) is 0 Å². The van der Waals surface area contributed by atoms with E-state index in [0.29, 0.717) is 38.6 Å². The number of hydrogen-bond donors (Lipinski definition) is 2. The summed E-state index contributed by atoms with van der Waals surface area (Å²) < 4.78 is 25.9. The Morgan fingerprint density at radius 2 is 1.88 bits per heavy atom. The fourth-order valence-corrected chi connectivity index (χ4v) is 4.17. The van der Waals surface area contributed by atoms with Crippen molar-refractivity contribution >= 4 is 51.2 Å². The summed E-state index contributed by atoms with van der Waals surface area (Å²) in [5, 5.41) is 15.8. The fourth-order valence-electron chi connectivity index (χ4n) is 3.73. The summed E-state index contributed by atoms with van der Waals surface area (Å²) in [6.07, 6.45) is 1.41. The van der Waals surface area contributed by atoms with Gasteiger partial charge in [-0.15, -0.1) is 0 Å². The lowest BCUT2D eigenvalue weighted by Crippen LogP contribution is -2.38. The number of hydrogen-bond acceptors (Lipinski definition) is 7. The van der Waals surface area contributed by atoms with E-state index in [0.717, 1.165) is 0 Å². The number of urea groups is 1. The smallest absolute Gasteiger partial charge is 0.329 e. The molecule has 4 rings (SSSR count). The molecule has 40 heavy (non-hydrogen) atoms. The van der Waals surface area contributed by atoms with Gasteiger partial charge in [0.15, 0.2) is 11.5 Å². The van der Waals surface area contributed by atoms with Crippen molar-refractivity contribution in [3.63, 3.8) is 0 Å². The minimum Gasteiger partial charge on any atom is -0.490 e. The second kappa shape index (κ2) is 12.4. The van der Waals surface area contributed by atoms with Crippen LogP contribution in [0.4, 0.5) is 20.6 Å². The Bertz CT molecular complexity index is 1530. The van der Waals surface area contributed by atoms with Gasteiger partial charge in [-0.25, -0.2) is 14.1 Å². The Hall–Kier alpha value is -4.78. The van der Waals surface area contributed by atoms with E-state index in [4.69, 9.17) is 9.47 Å². The number of benzene rings is 3. The number of amides is 4. The van der Waals surface area contributed by atoms with Gasteiger partial charge in [0.25, 0.3) is 11.6 Å². The van der Waals surface area contributed by atoms with Crippen LogP contribution in [0.15, 0.2) is 70.8 Å². The van der Waals surface area contributed by atoms with E-state index in [-0.39, 0.29) is 23.7 Å². The van der Waals surface area contributed by atoms with Crippen LogP contribution < -0.4 is 20.1 Å². The van der Waals surface area contributed by atoms with Gasteiger partial charge in [0.1, 0.15) is 24.7 Å². The number of carbonyl (C=O) groups is 3. The molecule has 0 unspecified atom stereocenters. The fraction of sp³-hybridized carbons (Fsp3) is 0.148. The molecule has 0 atom stereocenters. The molecular formula is C27H22BrFN4O7. The SMILES string of the molecule is CCOc1cc(/C=C2/NC(=O)N(CC(=O)Nc3ccccc3F)C2=O)c(Br)cc1OCc1cccc([N+](=O)[O-])c1. The molecule has 0 aliphatic carbocycles. The maximum absolute atomic E-state index is 13.8. The van der Waals surface area contributed by atoms with Gasteiger partial charge in [0.2, 0.25) is 5.91 Å². The van der Waals surface area contributed by atoms with Gasteiger partial charge in [-0.3, -0.25) is 19.7 Å². The molecule has 1 heterocycles. The van der Waals surface area contributed by atoms with E-state index in [1.54, 1.807) is 31.2 Å². The molecule has 2 N–H and O–H groups in total. The monoisotopic (exact) mass is 612 g/mol. The number of nitro benzene ring substituents is 1. The first-order valence-electron chi connectivity index (χ1n) is 11.9. The largest absolute Gasteiger partial charge is 0.490 e. The van der Waals surface area contributed by atoms with Crippen LogP contribution in [0.3, 0.4) is 0 Å². The molecule has 1 fully saturated rings. The van der Waals surface area contributed by atoms with Crippen molar-refractivity contribution in [1.82, 2.24) is 10.2 Å². The highest BCUT2D eigenvalue weighted by atomic mass is 79.9. The van der Waals surface area contributed by atoms with Crippen LogP contribution in [-0.2, 0) is 16.2 Å². The highest BCUT2D eigenvalue weighted by Gasteiger charge is 2.35. The average Bonchev–Trinajstić information content (AvgIpc) is 3.18. The van der Waals surface area contributed by atoms with Crippen LogP contribution in [-0.4, -0.2) is 40.8 Å². The van der Waals surface area contributed by atoms with Gasteiger partial charge >= 0.3 is 6.03 Å². The molecule has 3 aromatic carbocycles. The molecule has 0 spiro atoms. The number of nitrogens with zero attached hydrogens (tertiary/aromatic N) is 2. The van der Waals surface area contributed by atoms with Crippen LogP contribution >= 0.6 is 15.9 Å². The molecular weight excluding hydrogens is 591 g/mol. The van der Waals surface area contributed by atoms with E-state index >= 15 is 0 Å². The molecule has 0 radical (unpaired) electrons. The first-order valence-corrected chi connectivity index (χ1v) is 12.7. The minimum absolute atomic E-state index is 0.0348. The summed E-state index contributed by atoms with van der Waals surface area (Å²) in [6, 6.07) is 14.0. The van der Waals surface area contributed by atoms with Crippen molar-refractivity contribution in [2.24, 2.45) is 0 Å². The molecule has 13 heteroatoms. The number of rotatable bonds is 10. The van der Waals surface area contributed by atoms with Crippen LogP contribution in [0.5, 0.6) is 11.5 Å². The number of halogens is 2. The predicted octanol–water partition coefficient (Wildman–Crippen LogP) is 5.01. The first-order chi connectivity index (χ1) is 19.2. The lowest BCUT2D eigenvalue weighted by Gasteiger charge is -2.14. The topological polar surface area (TPSA) is 140 Å². The van der Waals surface area contributed by atoms with E-state index in [2.05, 4.69) is 26.6 Å². The number of nitrogens with one attached hydrogen (secondary N) is 2. The third-order valence-corrected chi connectivity index (χ3v) is 6.28. The van der Waals surface area contributed by atoms with E-state index < -0.39 is 35.1 Å². The molecule has 0 saturated carbocycles. The van der Waals surface area contributed by atoms with Crippen molar-refractivity contribution in [3.8, 4) is 11.5 Å². The molecule has 11 nitrogen and oxygen atoms in total. The summed E-state index contributed by atoms with van der Waals surface area (Å²) in [4.78, 5) is 48.9. The second-order valence-electron chi connectivity index (χ2n) is 8.38. The minimum atomic E-state index is -0.807. The quantitative estimate of drug-likeness (QED) is 0.142. The van der Waals surface area contributed by atoms with Gasteiger partial charge in [-0.1, -0.05) is 40.2 Å². The third kappa shape index (κ3) is 6.61. The lowest BCUT2D eigenvalue weighted by molar-refractivity contribution is -0.384. The highest BCUT2D eigenvalue weighted by Crippen LogP contribution is 2.36. The van der Waals surface area contributed by atoms with Crippen molar-refractivity contribution in [3.05, 3.63) is 97.9 Å². The van der Waals surface area contributed by atoms with Crippen molar-refractivity contribution in [2.75, 3.05) is 18.5 Å². The predicted molar refractivity (Wildman–Crippen MR) is 146 cm³/mol. The number of carbonyl (C=O) groups excluding carboxylic acids is 3. The van der Waals surface area contributed by atoms with Crippen molar-refractivity contribution < 1.29 is 33.2 Å². The zero-order chi connectivity index (χ0) is 28.8. The summed E-state index contributed by atoms with van der Waals surface area (Å²) in [5.41, 5.74) is 0.828. The zero-order valence-corrected chi connectivity index (χ0v) is 22.6. The molecule has 206 valence electrons. The number of non-ortho nitro benzene ring substituents is 1. The molecule has 0 bridgehead atoms. The summed E-state index contributed by atoms with van der Waals surface area (Å²) in [5.74, 6) is -1.47. The molecule has 0 aromatic heterocycles. The normalized spacial score (nSPS) is 13.8. The van der Waals surface area contributed by atoms with Crippen LogP contribution in [0, 0.1) is 15.9 Å². The van der Waals surface area contributed by atoms with Crippen LogP contribution in [0.25, 0.3) is 6.08 Å². The van der Waals surface area contributed by atoms with E-state index in [1.165, 1.54) is 42.5 Å². The van der Waals surface area contributed by atoms with E-state index in [1.807, 2.05) is 0 Å². The number of nitro groups is 1. The third-order valence-electron chi connectivity index (χ3n) is 5.59. The second-order valence-corrected chi connectivity index (χ2v) is 9.23. The highest BCUT2D eigenvalue weighted by molar-refractivity contribution is 9.10. The maximum Gasteiger partial charge on any atom is 0.329 e. The van der Waals surface area contributed by atoms with Gasteiger partial charge in [0.05, 0.1) is 17.2 Å². The maximum atomic E-state index is 13.8. The summed E-state index contributed by atoms with van der Waals surface area (Å²) in [6.45, 7) is 1.49. The zero-order valence-electron chi connectivity index (χ0n) is 21.0. The van der Waals surface area contributed by atoms with Gasteiger partial charge in [-0.2, -0.15) is 0 Å². The number of ether oxygens (including phenoxy) is 2. The number of anilines is 1. The molecule has 1 saturated heterocycles. The lowest BCUT2D eigenvalue weighted by atomic mass is 10.1. The van der Waals surface area contributed by atoms with Crippen LogP contribution in [0.2, 0.25) is 0 Å². The molecule has 4 amide bonds. The Morgan fingerprint density at radius 1 is 1.12 bits per heavy atom. The van der Waals surface area contributed by atoms with Crippen LogP contribution in [0.1, 0.15) is 18.1 Å². The van der Waals surface area contributed by atoms with Gasteiger partial charge in [-0.05, 0) is 48.4 Å². The summed E-state index contributed by atoms with van der Waals surface area (Å²) in [7, 11) is 0. The standard InChI is InChI=1S/C27H22BrFN4O7/c1-2-39-23-12-17(19(28)13-24(23)40-15-16-6-5-7-18(10-16)33(37)38)11-22-26(35)32(27(36)31-22)14-25(34)30-21-9-4-3-8-20(21)29/h3-13H,2,14-15H2,1H3,(H,30,34)(H,31,36)/b22-11+. The first kappa shape index (κ1) is 28.2. The molecule has 1 aliphatic heterocycles. The number of para-hydroxylation sites is 1. The molecule has 1 aliphatic rings. The Morgan fingerprint density at radius 3 is 2.60 bits per heavy atom. The number of imide groups is 1. The molecule has 3 aromatic rings. The Labute approximate surface area is 235 Å². The Balaban J connectivity index is 1.50. The van der Waals surface area contributed by atoms with Gasteiger partial charge < -0.3 is 20.1 Å².